The fourth-order valence-electron chi connectivity index (χ4n) is 3.56. The van der Waals surface area contributed by atoms with Crippen LogP contribution in [-0.2, 0) is 0 Å². The summed E-state index contributed by atoms with van der Waals surface area (Å²) in [6.45, 7) is 4.10. The van der Waals surface area contributed by atoms with Gasteiger partial charge in [0.2, 0.25) is 0 Å². The van der Waals surface area contributed by atoms with Gasteiger partial charge in [-0.15, -0.1) is 0 Å². The minimum absolute atomic E-state index is 0.247. The van der Waals surface area contributed by atoms with E-state index in [1.54, 1.807) is 6.07 Å². The Kier molecular flexibility index (Phi) is 4.97. The van der Waals surface area contributed by atoms with Gasteiger partial charge in [-0.2, -0.15) is 0 Å². The molecular formula is C21H24N6O. The molecule has 144 valence electrons. The van der Waals surface area contributed by atoms with Gasteiger partial charge in [-0.3, -0.25) is 15.6 Å². The van der Waals surface area contributed by atoms with Crippen molar-refractivity contribution in [3.8, 4) is 0 Å². The molecule has 2 aromatic carbocycles. The standard InChI is InChI=1S/C21H24N6O/c1-14-9-11-27(12-10-14)20-18(22)19(23-13-24-20)25-26-21(28)17-8-4-6-15-5-2-3-7-16(15)17/h2-8,13-14H,9-12,22H2,1H3,(H,26,28)(H,23,24,25). The predicted molar refractivity (Wildman–Crippen MR) is 112 cm³/mol. The second-order valence-electron chi connectivity index (χ2n) is 7.23. The van der Waals surface area contributed by atoms with Crippen molar-refractivity contribution in [2.75, 3.05) is 29.1 Å². The van der Waals surface area contributed by atoms with Crippen molar-refractivity contribution in [2.24, 2.45) is 5.92 Å². The van der Waals surface area contributed by atoms with E-state index in [0.717, 1.165) is 42.6 Å². The van der Waals surface area contributed by atoms with E-state index in [4.69, 9.17) is 5.73 Å². The van der Waals surface area contributed by atoms with Crippen LogP contribution in [0.1, 0.15) is 30.1 Å². The molecule has 7 heteroatoms. The molecule has 1 fully saturated rings. The number of piperidine rings is 1. The van der Waals surface area contributed by atoms with E-state index in [1.165, 1.54) is 6.33 Å². The van der Waals surface area contributed by atoms with Gasteiger partial charge in [-0.05, 0) is 35.6 Å². The summed E-state index contributed by atoms with van der Waals surface area (Å²) in [6, 6.07) is 13.4. The first-order valence-corrected chi connectivity index (χ1v) is 9.53. The van der Waals surface area contributed by atoms with Gasteiger partial charge in [-0.1, -0.05) is 43.3 Å². The van der Waals surface area contributed by atoms with Crippen LogP contribution in [0.2, 0.25) is 0 Å². The number of carbonyl (C=O) groups excluding carboxylic acids is 1. The van der Waals surface area contributed by atoms with Crippen LogP contribution in [0.15, 0.2) is 48.8 Å². The van der Waals surface area contributed by atoms with Crippen LogP contribution in [0, 0.1) is 5.92 Å². The van der Waals surface area contributed by atoms with Crippen molar-refractivity contribution in [1.29, 1.82) is 0 Å². The van der Waals surface area contributed by atoms with Gasteiger partial charge in [0, 0.05) is 18.7 Å². The molecule has 7 nitrogen and oxygen atoms in total. The molecule has 2 heterocycles. The number of hydrogen-bond donors (Lipinski definition) is 3. The Labute approximate surface area is 163 Å². The van der Waals surface area contributed by atoms with E-state index in [1.807, 2.05) is 36.4 Å². The van der Waals surface area contributed by atoms with E-state index in [2.05, 4.69) is 32.6 Å². The van der Waals surface area contributed by atoms with Gasteiger partial charge in [0.1, 0.15) is 12.0 Å². The fraction of sp³-hybridized carbons (Fsp3) is 0.286. The van der Waals surface area contributed by atoms with Crippen LogP contribution in [0.25, 0.3) is 10.8 Å². The summed E-state index contributed by atoms with van der Waals surface area (Å²) in [5.41, 5.74) is 12.9. The number of anilines is 3. The third-order valence-electron chi connectivity index (χ3n) is 5.27. The van der Waals surface area contributed by atoms with Gasteiger partial charge >= 0.3 is 0 Å². The molecule has 4 rings (SSSR count). The number of benzene rings is 2. The summed E-state index contributed by atoms with van der Waals surface area (Å²) in [6.07, 6.45) is 3.70. The molecule has 0 unspecified atom stereocenters. The van der Waals surface area contributed by atoms with Crippen LogP contribution in [-0.4, -0.2) is 29.0 Å². The number of aromatic nitrogens is 2. The topological polar surface area (TPSA) is 96.2 Å². The monoisotopic (exact) mass is 376 g/mol. The van der Waals surface area contributed by atoms with Crippen LogP contribution < -0.4 is 21.5 Å². The first kappa shape index (κ1) is 18.0. The number of nitrogens with one attached hydrogen (secondary N) is 2. The highest BCUT2D eigenvalue weighted by Gasteiger charge is 2.20. The van der Waals surface area contributed by atoms with Crippen molar-refractivity contribution >= 4 is 34.0 Å². The Morgan fingerprint density at radius 2 is 1.86 bits per heavy atom. The molecule has 0 spiro atoms. The number of fused-ring (bicyclic) bond motifs is 1. The SMILES string of the molecule is CC1CCN(c2ncnc(NNC(=O)c3cccc4ccccc34)c2N)CC1. The van der Waals surface area contributed by atoms with Crippen LogP contribution in [0.3, 0.4) is 0 Å². The molecule has 4 N–H and O–H groups in total. The predicted octanol–water partition coefficient (Wildman–Crippen LogP) is 3.21. The highest BCUT2D eigenvalue weighted by Crippen LogP contribution is 2.29. The number of amides is 1. The zero-order chi connectivity index (χ0) is 19.5. The molecule has 1 aliphatic heterocycles. The molecule has 1 aromatic heterocycles. The number of nitrogens with two attached hydrogens (primary N) is 1. The lowest BCUT2D eigenvalue weighted by molar-refractivity contribution is 0.0964. The Morgan fingerprint density at radius 3 is 2.68 bits per heavy atom. The summed E-state index contributed by atoms with van der Waals surface area (Å²) >= 11 is 0. The highest BCUT2D eigenvalue weighted by atomic mass is 16.2. The summed E-state index contributed by atoms with van der Waals surface area (Å²) in [7, 11) is 0. The molecule has 1 amide bonds. The molecule has 3 aromatic rings. The number of hydrogen-bond acceptors (Lipinski definition) is 6. The van der Waals surface area contributed by atoms with E-state index < -0.39 is 0 Å². The third-order valence-corrected chi connectivity index (χ3v) is 5.27. The average Bonchev–Trinajstić information content (AvgIpc) is 2.73. The Bertz CT molecular complexity index is 992. The second-order valence-corrected chi connectivity index (χ2v) is 7.23. The van der Waals surface area contributed by atoms with Crippen LogP contribution in [0.5, 0.6) is 0 Å². The maximum absolute atomic E-state index is 12.7. The molecule has 1 saturated heterocycles. The number of carbonyl (C=O) groups is 1. The zero-order valence-electron chi connectivity index (χ0n) is 15.9. The lowest BCUT2D eigenvalue weighted by atomic mass is 9.99. The van der Waals surface area contributed by atoms with E-state index in [-0.39, 0.29) is 5.91 Å². The first-order chi connectivity index (χ1) is 13.6. The summed E-state index contributed by atoms with van der Waals surface area (Å²) in [4.78, 5) is 23.4. The van der Waals surface area contributed by atoms with Gasteiger partial charge in [0.05, 0.1) is 0 Å². The molecule has 0 radical (unpaired) electrons. The Morgan fingerprint density at radius 1 is 1.11 bits per heavy atom. The van der Waals surface area contributed by atoms with E-state index in [9.17, 15) is 4.79 Å². The van der Waals surface area contributed by atoms with Crippen molar-refractivity contribution in [3.05, 3.63) is 54.4 Å². The molecule has 0 atom stereocenters. The first-order valence-electron chi connectivity index (χ1n) is 9.53. The fourth-order valence-corrected chi connectivity index (χ4v) is 3.56. The normalized spacial score (nSPS) is 14.8. The summed E-state index contributed by atoms with van der Waals surface area (Å²) in [5.74, 6) is 1.58. The summed E-state index contributed by atoms with van der Waals surface area (Å²) in [5, 5.41) is 1.90. The third kappa shape index (κ3) is 3.55. The maximum atomic E-state index is 12.7. The van der Waals surface area contributed by atoms with E-state index >= 15 is 0 Å². The molecule has 28 heavy (non-hydrogen) atoms. The van der Waals surface area contributed by atoms with Crippen molar-refractivity contribution < 1.29 is 4.79 Å². The van der Waals surface area contributed by atoms with Crippen molar-refractivity contribution in [1.82, 2.24) is 15.4 Å². The minimum Gasteiger partial charge on any atom is -0.393 e. The number of nitrogens with zero attached hydrogens (tertiary/aromatic N) is 3. The molecule has 0 aliphatic carbocycles. The van der Waals surface area contributed by atoms with Crippen molar-refractivity contribution in [3.63, 3.8) is 0 Å². The van der Waals surface area contributed by atoms with Gasteiger partial charge in [0.25, 0.3) is 5.91 Å². The van der Waals surface area contributed by atoms with Gasteiger partial charge in [-0.25, -0.2) is 9.97 Å². The number of rotatable bonds is 4. The zero-order valence-corrected chi connectivity index (χ0v) is 15.9. The quantitative estimate of drug-likeness (QED) is 0.605. The van der Waals surface area contributed by atoms with Crippen LogP contribution in [0.4, 0.5) is 17.3 Å². The second kappa shape index (κ2) is 7.72. The highest BCUT2D eigenvalue weighted by molar-refractivity contribution is 6.07. The molecule has 0 bridgehead atoms. The van der Waals surface area contributed by atoms with Crippen molar-refractivity contribution in [2.45, 2.75) is 19.8 Å². The average molecular weight is 376 g/mol. The molecular weight excluding hydrogens is 352 g/mol. The van der Waals surface area contributed by atoms with Gasteiger partial charge in [0.15, 0.2) is 11.6 Å². The van der Waals surface area contributed by atoms with Gasteiger partial charge < -0.3 is 10.6 Å². The Hall–Kier alpha value is -3.35. The smallest absolute Gasteiger partial charge is 0.270 e. The maximum Gasteiger partial charge on any atom is 0.270 e. The lowest BCUT2D eigenvalue weighted by Crippen LogP contribution is -2.35. The number of hydrazine groups is 1. The molecule has 1 aliphatic rings. The van der Waals surface area contributed by atoms with E-state index in [0.29, 0.717) is 22.9 Å². The minimum atomic E-state index is -0.247. The Balaban J connectivity index is 1.50. The summed E-state index contributed by atoms with van der Waals surface area (Å²) < 4.78 is 0. The number of nitrogen functional groups attached to an aromatic ring is 1. The van der Waals surface area contributed by atoms with Crippen LogP contribution >= 0.6 is 0 Å². The largest absolute Gasteiger partial charge is 0.393 e. The lowest BCUT2D eigenvalue weighted by Gasteiger charge is -2.32. The molecule has 0 saturated carbocycles.